The minimum atomic E-state index is 0.192. The fourth-order valence-electron chi connectivity index (χ4n) is 4.43. The van der Waals surface area contributed by atoms with Gasteiger partial charge in [0.25, 0.3) is 0 Å². The molecule has 3 aliphatic rings. The molecule has 2 aliphatic heterocycles. The van der Waals surface area contributed by atoms with Gasteiger partial charge in [0.15, 0.2) is 0 Å². The Balaban J connectivity index is 1.38. The standard InChI is InChI=1S/C19H35N3O2/c23-19(11-14-22-13-5-6-15-24-22)20-17-8-7-12-21(16-17)18-9-3-1-2-4-10-18/h17-18H,1-16H2,(H,20,23). The molecule has 2 heterocycles. The zero-order valence-corrected chi connectivity index (χ0v) is 15.2. The van der Waals surface area contributed by atoms with E-state index in [1.807, 2.05) is 5.06 Å². The maximum atomic E-state index is 12.3. The number of piperidine rings is 1. The fraction of sp³-hybridized carbons (Fsp3) is 0.947. The van der Waals surface area contributed by atoms with Crippen molar-refractivity contribution in [2.75, 3.05) is 32.8 Å². The van der Waals surface area contributed by atoms with Crippen molar-refractivity contribution in [1.29, 1.82) is 0 Å². The molecule has 5 heteroatoms. The van der Waals surface area contributed by atoms with Crippen molar-refractivity contribution >= 4 is 5.91 Å². The van der Waals surface area contributed by atoms with E-state index in [9.17, 15) is 4.79 Å². The predicted octanol–water partition coefficient (Wildman–Crippen LogP) is 2.71. The van der Waals surface area contributed by atoms with Crippen LogP contribution in [0.2, 0.25) is 0 Å². The number of nitrogens with one attached hydrogen (secondary N) is 1. The number of nitrogens with zero attached hydrogens (tertiary/aromatic N) is 2. The lowest BCUT2D eigenvalue weighted by atomic mass is 10.00. The summed E-state index contributed by atoms with van der Waals surface area (Å²) in [7, 11) is 0. The summed E-state index contributed by atoms with van der Waals surface area (Å²) < 4.78 is 0. The highest BCUT2D eigenvalue weighted by Gasteiger charge is 2.27. The molecule has 1 amide bonds. The van der Waals surface area contributed by atoms with Crippen molar-refractivity contribution in [2.45, 2.75) is 82.7 Å². The third-order valence-electron chi connectivity index (χ3n) is 5.82. The maximum absolute atomic E-state index is 12.3. The maximum Gasteiger partial charge on any atom is 0.221 e. The smallest absolute Gasteiger partial charge is 0.221 e. The summed E-state index contributed by atoms with van der Waals surface area (Å²) in [5.74, 6) is 0.192. The van der Waals surface area contributed by atoms with Crippen LogP contribution < -0.4 is 5.32 Å². The first-order valence-electron chi connectivity index (χ1n) is 10.2. The van der Waals surface area contributed by atoms with E-state index < -0.39 is 0 Å². The molecule has 3 rings (SSSR count). The van der Waals surface area contributed by atoms with Crippen molar-refractivity contribution in [3.63, 3.8) is 0 Å². The van der Waals surface area contributed by atoms with Crippen molar-refractivity contribution in [2.24, 2.45) is 0 Å². The van der Waals surface area contributed by atoms with Gasteiger partial charge in [0.05, 0.1) is 6.61 Å². The highest BCUT2D eigenvalue weighted by molar-refractivity contribution is 5.76. The lowest BCUT2D eigenvalue weighted by Crippen LogP contribution is -2.51. The van der Waals surface area contributed by atoms with Crippen LogP contribution in [0.25, 0.3) is 0 Å². The number of amides is 1. The number of carbonyl (C=O) groups excluding carboxylic acids is 1. The third-order valence-corrected chi connectivity index (χ3v) is 5.82. The van der Waals surface area contributed by atoms with E-state index in [4.69, 9.17) is 4.84 Å². The second kappa shape index (κ2) is 9.73. The summed E-state index contributed by atoms with van der Waals surface area (Å²) in [6.45, 7) is 4.77. The Hall–Kier alpha value is -0.650. The van der Waals surface area contributed by atoms with Gasteiger partial charge >= 0.3 is 0 Å². The van der Waals surface area contributed by atoms with Gasteiger partial charge in [-0.1, -0.05) is 25.7 Å². The molecule has 1 saturated carbocycles. The molecule has 0 spiro atoms. The van der Waals surface area contributed by atoms with Crippen molar-refractivity contribution < 1.29 is 9.63 Å². The highest BCUT2D eigenvalue weighted by atomic mass is 16.7. The Morgan fingerprint density at radius 1 is 0.958 bits per heavy atom. The van der Waals surface area contributed by atoms with Crippen LogP contribution in [0, 0.1) is 0 Å². The monoisotopic (exact) mass is 337 g/mol. The lowest BCUT2D eigenvalue weighted by molar-refractivity contribution is -0.181. The Morgan fingerprint density at radius 2 is 1.79 bits per heavy atom. The number of hydrogen-bond acceptors (Lipinski definition) is 4. The summed E-state index contributed by atoms with van der Waals surface area (Å²) in [4.78, 5) is 20.5. The quantitative estimate of drug-likeness (QED) is 0.784. The molecule has 0 aromatic carbocycles. The molecule has 1 atom stereocenters. The first-order chi connectivity index (χ1) is 11.8. The van der Waals surface area contributed by atoms with Crippen LogP contribution in [0.1, 0.15) is 70.6 Å². The first-order valence-corrected chi connectivity index (χ1v) is 10.2. The van der Waals surface area contributed by atoms with Crippen molar-refractivity contribution in [3.05, 3.63) is 0 Å². The summed E-state index contributed by atoms with van der Waals surface area (Å²) >= 11 is 0. The average Bonchev–Trinajstić information content (AvgIpc) is 2.91. The van der Waals surface area contributed by atoms with Crippen LogP contribution in [0.3, 0.4) is 0 Å². The van der Waals surface area contributed by atoms with Crippen LogP contribution >= 0.6 is 0 Å². The molecule has 1 N–H and O–H groups in total. The topological polar surface area (TPSA) is 44.8 Å². The van der Waals surface area contributed by atoms with Gasteiger partial charge in [-0.25, -0.2) is 0 Å². The molecule has 0 aromatic heterocycles. The molecule has 0 aromatic rings. The minimum absolute atomic E-state index is 0.192. The van der Waals surface area contributed by atoms with E-state index in [1.54, 1.807) is 0 Å². The predicted molar refractivity (Wildman–Crippen MR) is 95.6 cm³/mol. The molecule has 1 aliphatic carbocycles. The van der Waals surface area contributed by atoms with Crippen molar-refractivity contribution in [1.82, 2.24) is 15.3 Å². The van der Waals surface area contributed by atoms with E-state index in [1.165, 1.54) is 57.9 Å². The van der Waals surface area contributed by atoms with Crippen LogP contribution in [0.4, 0.5) is 0 Å². The zero-order valence-electron chi connectivity index (χ0n) is 15.2. The van der Waals surface area contributed by atoms with Crippen LogP contribution in [-0.4, -0.2) is 60.7 Å². The molecule has 0 bridgehead atoms. The lowest BCUT2D eigenvalue weighted by Gasteiger charge is -2.38. The van der Waals surface area contributed by atoms with Gasteiger partial charge in [-0.2, -0.15) is 5.06 Å². The van der Waals surface area contributed by atoms with Gasteiger partial charge in [0.1, 0.15) is 0 Å². The normalized spacial score (nSPS) is 28.4. The molecule has 5 nitrogen and oxygen atoms in total. The van der Waals surface area contributed by atoms with E-state index >= 15 is 0 Å². The number of likely N-dealkylation sites (tertiary alicyclic amines) is 1. The SMILES string of the molecule is O=C(CCN1CCCCO1)NC1CCCN(C2CCCCCC2)C1. The van der Waals surface area contributed by atoms with E-state index in [2.05, 4.69) is 10.2 Å². The molecule has 2 saturated heterocycles. The van der Waals surface area contributed by atoms with E-state index in [0.29, 0.717) is 12.5 Å². The molecule has 24 heavy (non-hydrogen) atoms. The summed E-state index contributed by atoms with van der Waals surface area (Å²) in [6.07, 6.45) is 13.5. The largest absolute Gasteiger partial charge is 0.352 e. The second-order valence-electron chi connectivity index (χ2n) is 7.77. The van der Waals surface area contributed by atoms with Crippen LogP contribution in [0.15, 0.2) is 0 Å². The molecule has 138 valence electrons. The molecule has 0 radical (unpaired) electrons. The van der Waals surface area contributed by atoms with Gasteiger partial charge < -0.3 is 5.32 Å². The molecular formula is C19H35N3O2. The van der Waals surface area contributed by atoms with Gasteiger partial charge in [-0.15, -0.1) is 0 Å². The van der Waals surface area contributed by atoms with E-state index in [-0.39, 0.29) is 5.91 Å². The van der Waals surface area contributed by atoms with Gasteiger partial charge in [0.2, 0.25) is 5.91 Å². The number of carbonyl (C=O) groups is 1. The van der Waals surface area contributed by atoms with Crippen molar-refractivity contribution in [3.8, 4) is 0 Å². The molecule has 3 fully saturated rings. The first kappa shape index (κ1) is 18.2. The highest BCUT2D eigenvalue weighted by Crippen LogP contribution is 2.24. The number of hydrogen-bond donors (Lipinski definition) is 1. The third kappa shape index (κ3) is 5.71. The number of hydroxylamine groups is 2. The summed E-state index contributed by atoms with van der Waals surface area (Å²) in [5.41, 5.74) is 0. The van der Waals surface area contributed by atoms with Gasteiger partial charge in [-0.3, -0.25) is 14.5 Å². The van der Waals surface area contributed by atoms with E-state index in [0.717, 1.165) is 45.1 Å². The Kier molecular flexibility index (Phi) is 7.36. The van der Waals surface area contributed by atoms with Gasteiger partial charge in [0, 0.05) is 38.1 Å². The minimum Gasteiger partial charge on any atom is -0.352 e. The average molecular weight is 338 g/mol. The summed E-state index contributed by atoms with van der Waals surface area (Å²) in [5, 5.41) is 5.24. The Morgan fingerprint density at radius 3 is 2.54 bits per heavy atom. The Labute approximate surface area is 147 Å². The van der Waals surface area contributed by atoms with Crippen LogP contribution in [0.5, 0.6) is 0 Å². The fourth-order valence-corrected chi connectivity index (χ4v) is 4.43. The van der Waals surface area contributed by atoms with Crippen LogP contribution in [-0.2, 0) is 9.63 Å². The molecule has 1 unspecified atom stereocenters. The summed E-state index contributed by atoms with van der Waals surface area (Å²) in [6, 6.07) is 1.10. The zero-order chi connectivity index (χ0) is 16.6. The molecular weight excluding hydrogens is 302 g/mol. The number of rotatable bonds is 5. The Bertz CT molecular complexity index is 377. The van der Waals surface area contributed by atoms with Gasteiger partial charge in [-0.05, 0) is 45.1 Å². The second-order valence-corrected chi connectivity index (χ2v) is 7.77.